The zero-order valence-electron chi connectivity index (χ0n) is 9.19. The van der Waals surface area contributed by atoms with E-state index in [2.05, 4.69) is 24.0 Å². The van der Waals surface area contributed by atoms with E-state index in [1.165, 1.54) is 0 Å². The van der Waals surface area contributed by atoms with Crippen LogP contribution in [0.2, 0.25) is 0 Å². The van der Waals surface area contributed by atoms with Crippen LogP contribution >= 0.6 is 11.8 Å². The van der Waals surface area contributed by atoms with Gasteiger partial charge in [-0.1, -0.05) is 25.6 Å². The largest absolute Gasteiger partial charge is 0.327 e. The summed E-state index contributed by atoms with van der Waals surface area (Å²) < 4.78 is 1.99. The van der Waals surface area contributed by atoms with Crippen LogP contribution < -0.4 is 5.73 Å². The highest BCUT2D eigenvalue weighted by Gasteiger charge is 2.15. The van der Waals surface area contributed by atoms with Gasteiger partial charge in [0.2, 0.25) is 0 Å². The first-order valence-electron chi connectivity index (χ1n) is 4.84. The van der Waals surface area contributed by atoms with E-state index in [1.54, 1.807) is 11.8 Å². The topological polar surface area (TPSA) is 56.7 Å². The van der Waals surface area contributed by atoms with Crippen molar-refractivity contribution in [1.29, 1.82) is 0 Å². The number of rotatable bonds is 4. The van der Waals surface area contributed by atoms with Gasteiger partial charge in [0.25, 0.3) is 0 Å². The number of hydrogen-bond acceptors (Lipinski definition) is 4. The van der Waals surface area contributed by atoms with Crippen LogP contribution in [-0.4, -0.2) is 26.1 Å². The molecule has 0 amide bonds. The highest BCUT2D eigenvalue weighted by atomic mass is 32.2. The standard InChI is InChI=1S/C9H18N4S/c1-5-8(10)6(2)14-9-12-11-7(3)13(9)4/h6,8H,5,10H2,1-4H3. The molecule has 0 fully saturated rings. The predicted octanol–water partition coefficient (Wildman–Crippen LogP) is 1.34. The molecule has 0 aromatic carbocycles. The average Bonchev–Trinajstić information content (AvgIpc) is 2.48. The molecule has 0 aliphatic carbocycles. The van der Waals surface area contributed by atoms with Crippen LogP contribution in [0.15, 0.2) is 5.16 Å². The molecule has 1 aromatic heterocycles. The first kappa shape index (κ1) is 11.5. The number of nitrogens with two attached hydrogens (primary N) is 1. The minimum absolute atomic E-state index is 0.219. The van der Waals surface area contributed by atoms with Crippen molar-refractivity contribution in [2.75, 3.05) is 0 Å². The van der Waals surface area contributed by atoms with Crippen molar-refractivity contribution in [2.45, 2.75) is 43.6 Å². The fourth-order valence-electron chi connectivity index (χ4n) is 1.08. The van der Waals surface area contributed by atoms with E-state index < -0.39 is 0 Å². The summed E-state index contributed by atoms with van der Waals surface area (Å²) in [7, 11) is 1.97. The van der Waals surface area contributed by atoms with Crippen molar-refractivity contribution in [3.8, 4) is 0 Å². The van der Waals surface area contributed by atoms with Gasteiger partial charge in [0, 0.05) is 18.3 Å². The lowest BCUT2D eigenvalue weighted by molar-refractivity contribution is 0.638. The fourth-order valence-corrected chi connectivity index (χ4v) is 2.15. The third-order valence-corrected chi connectivity index (χ3v) is 3.71. The van der Waals surface area contributed by atoms with Gasteiger partial charge in [0.05, 0.1) is 0 Å². The SMILES string of the molecule is CCC(N)C(C)Sc1nnc(C)n1C. The Labute approximate surface area is 89.3 Å². The molecule has 0 radical (unpaired) electrons. The Morgan fingerprint density at radius 2 is 2.14 bits per heavy atom. The van der Waals surface area contributed by atoms with Gasteiger partial charge >= 0.3 is 0 Å². The number of aryl methyl sites for hydroxylation is 1. The van der Waals surface area contributed by atoms with Crippen molar-refractivity contribution in [1.82, 2.24) is 14.8 Å². The van der Waals surface area contributed by atoms with Crippen molar-refractivity contribution < 1.29 is 0 Å². The summed E-state index contributed by atoms with van der Waals surface area (Å²) in [6.45, 7) is 6.17. The second kappa shape index (κ2) is 4.79. The monoisotopic (exact) mass is 214 g/mol. The molecule has 80 valence electrons. The molecule has 2 atom stereocenters. The number of nitrogens with zero attached hydrogens (tertiary/aromatic N) is 3. The Morgan fingerprint density at radius 3 is 2.57 bits per heavy atom. The van der Waals surface area contributed by atoms with Gasteiger partial charge in [-0.15, -0.1) is 10.2 Å². The van der Waals surface area contributed by atoms with E-state index in [1.807, 2.05) is 18.5 Å². The molecule has 5 heteroatoms. The second-order valence-corrected chi connectivity index (χ2v) is 4.83. The van der Waals surface area contributed by atoms with E-state index in [0.29, 0.717) is 5.25 Å². The maximum absolute atomic E-state index is 5.94. The van der Waals surface area contributed by atoms with Crippen molar-refractivity contribution in [2.24, 2.45) is 12.8 Å². The van der Waals surface area contributed by atoms with Gasteiger partial charge in [-0.25, -0.2) is 0 Å². The van der Waals surface area contributed by atoms with Gasteiger partial charge in [-0.3, -0.25) is 0 Å². The maximum atomic E-state index is 5.94. The minimum atomic E-state index is 0.219. The summed E-state index contributed by atoms with van der Waals surface area (Å²) in [6, 6.07) is 0.219. The van der Waals surface area contributed by atoms with Crippen molar-refractivity contribution >= 4 is 11.8 Å². The second-order valence-electron chi connectivity index (χ2n) is 3.48. The Hall–Kier alpha value is -0.550. The molecule has 4 nitrogen and oxygen atoms in total. The van der Waals surface area contributed by atoms with Gasteiger partial charge in [-0.05, 0) is 13.3 Å². The molecule has 1 rings (SSSR count). The summed E-state index contributed by atoms with van der Waals surface area (Å²) in [5.41, 5.74) is 5.94. The van der Waals surface area contributed by atoms with E-state index in [-0.39, 0.29) is 6.04 Å². The summed E-state index contributed by atoms with van der Waals surface area (Å²) >= 11 is 1.69. The Balaban J connectivity index is 2.64. The molecule has 2 N–H and O–H groups in total. The molecule has 0 saturated carbocycles. The maximum Gasteiger partial charge on any atom is 0.191 e. The normalized spacial score (nSPS) is 15.5. The molecular weight excluding hydrogens is 196 g/mol. The Kier molecular flexibility index (Phi) is 3.95. The Bertz CT molecular complexity index is 297. The van der Waals surface area contributed by atoms with E-state index >= 15 is 0 Å². The van der Waals surface area contributed by atoms with Crippen LogP contribution in [0.1, 0.15) is 26.1 Å². The summed E-state index contributed by atoms with van der Waals surface area (Å²) in [4.78, 5) is 0. The van der Waals surface area contributed by atoms with E-state index in [4.69, 9.17) is 5.73 Å². The molecule has 1 heterocycles. The van der Waals surface area contributed by atoms with Crippen LogP contribution in [0.3, 0.4) is 0 Å². The van der Waals surface area contributed by atoms with Gasteiger partial charge in [0.1, 0.15) is 5.82 Å². The lowest BCUT2D eigenvalue weighted by Crippen LogP contribution is -2.29. The first-order chi connectivity index (χ1) is 6.56. The average molecular weight is 214 g/mol. The highest BCUT2D eigenvalue weighted by molar-refractivity contribution is 7.99. The summed E-state index contributed by atoms with van der Waals surface area (Å²) in [6.07, 6.45) is 0.991. The molecule has 0 spiro atoms. The van der Waals surface area contributed by atoms with Gasteiger partial charge in [-0.2, -0.15) is 0 Å². The number of thioether (sulfide) groups is 1. The number of aromatic nitrogens is 3. The van der Waals surface area contributed by atoms with Crippen LogP contribution in [-0.2, 0) is 7.05 Å². The lowest BCUT2D eigenvalue weighted by Gasteiger charge is -2.16. The van der Waals surface area contributed by atoms with Gasteiger partial charge < -0.3 is 10.3 Å². The fraction of sp³-hybridized carbons (Fsp3) is 0.778. The number of hydrogen-bond donors (Lipinski definition) is 1. The molecular formula is C9H18N4S. The quantitative estimate of drug-likeness (QED) is 0.768. The highest BCUT2D eigenvalue weighted by Crippen LogP contribution is 2.23. The van der Waals surface area contributed by atoms with Crippen molar-refractivity contribution in [3.63, 3.8) is 0 Å². The smallest absolute Gasteiger partial charge is 0.191 e. The molecule has 14 heavy (non-hydrogen) atoms. The zero-order chi connectivity index (χ0) is 10.7. The van der Waals surface area contributed by atoms with E-state index in [9.17, 15) is 0 Å². The van der Waals surface area contributed by atoms with Crippen LogP contribution in [0.4, 0.5) is 0 Å². The Morgan fingerprint density at radius 1 is 1.50 bits per heavy atom. The lowest BCUT2D eigenvalue weighted by atomic mass is 10.2. The summed E-state index contributed by atoms with van der Waals surface area (Å²) in [5.74, 6) is 0.935. The van der Waals surface area contributed by atoms with Gasteiger partial charge in [0.15, 0.2) is 5.16 Å². The predicted molar refractivity (Wildman–Crippen MR) is 59.3 cm³/mol. The molecule has 1 aromatic rings. The van der Waals surface area contributed by atoms with Crippen LogP contribution in [0.5, 0.6) is 0 Å². The van der Waals surface area contributed by atoms with Crippen molar-refractivity contribution in [3.05, 3.63) is 5.82 Å². The molecule has 0 bridgehead atoms. The van der Waals surface area contributed by atoms with Crippen LogP contribution in [0, 0.1) is 6.92 Å². The molecule has 0 aliphatic heterocycles. The third-order valence-electron chi connectivity index (χ3n) is 2.42. The molecule has 0 aliphatic rings. The first-order valence-corrected chi connectivity index (χ1v) is 5.72. The van der Waals surface area contributed by atoms with E-state index in [0.717, 1.165) is 17.4 Å². The molecule has 0 saturated heterocycles. The summed E-state index contributed by atoms with van der Waals surface area (Å²) in [5, 5.41) is 9.42. The van der Waals surface area contributed by atoms with Crippen LogP contribution in [0.25, 0.3) is 0 Å². The third kappa shape index (κ3) is 2.48. The minimum Gasteiger partial charge on any atom is -0.327 e. The molecule has 2 unspecified atom stereocenters. The zero-order valence-corrected chi connectivity index (χ0v) is 10.0.